The molecule has 0 fully saturated rings. The predicted octanol–water partition coefficient (Wildman–Crippen LogP) is 5.54. The summed E-state index contributed by atoms with van der Waals surface area (Å²) in [5.41, 5.74) is 4.54. The van der Waals surface area contributed by atoms with E-state index in [1.165, 1.54) is 44.1 Å². The number of aryl methyl sites for hydroxylation is 1. The van der Waals surface area contributed by atoms with Gasteiger partial charge in [-0.2, -0.15) is 0 Å². The molecular weight excluding hydrogens is 398 g/mol. The second kappa shape index (κ2) is 12.3. The zero-order valence-electron chi connectivity index (χ0n) is 19.3. The molecule has 5 nitrogen and oxygen atoms in total. The molecule has 3 rings (SSSR count). The first kappa shape index (κ1) is 23.8. The summed E-state index contributed by atoms with van der Waals surface area (Å²) in [5, 5.41) is 2.65. The Morgan fingerprint density at radius 1 is 1.16 bits per heavy atom. The normalized spacial score (nSPS) is 16.8. The Hall–Kier alpha value is -2.82. The van der Waals surface area contributed by atoms with Gasteiger partial charge in [-0.3, -0.25) is 4.79 Å². The van der Waals surface area contributed by atoms with Crippen molar-refractivity contribution >= 4 is 17.8 Å². The van der Waals surface area contributed by atoms with Gasteiger partial charge in [0.25, 0.3) is 0 Å². The topological polar surface area (TPSA) is 72.0 Å². The first-order chi connectivity index (χ1) is 15.6. The minimum Gasteiger partial charge on any atom is -0.347 e. The number of aldehydes is 1. The number of allylic oxidation sites excluding steroid dienone is 2. The van der Waals surface area contributed by atoms with Crippen LogP contribution in [0.15, 0.2) is 42.7 Å². The molecule has 1 aliphatic rings. The van der Waals surface area contributed by atoms with Crippen molar-refractivity contribution in [2.24, 2.45) is 5.92 Å². The summed E-state index contributed by atoms with van der Waals surface area (Å²) < 4.78 is 0. The lowest BCUT2D eigenvalue weighted by molar-refractivity contribution is -0.123. The largest absolute Gasteiger partial charge is 0.347 e. The molecule has 0 aliphatic heterocycles. The molecule has 0 spiro atoms. The maximum Gasteiger partial charge on any atom is 0.220 e. The molecule has 5 heteroatoms. The molecule has 0 radical (unpaired) electrons. The molecular formula is C27H35N3O2. The van der Waals surface area contributed by atoms with Crippen molar-refractivity contribution in [3.05, 3.63) is 53.9 Å². The number of nitrogens with zero attached hydrogens (tertiary/aromatic N) is 2. The molecule has 1 aromatic carbocycles. The summed E-state index contributed by atoms with van der Waals surface area (Å²) in [6, 6.07) is 7.56. The van der Waals surface area contributed by atoms with Crippen LogP contribution in [-0.2, 0) is 16.0 Å². The Balaban J connectivity index is 1.52. The van der Waals surface area contributed by atoms with Crippen LogP contribution in [0.1, 0.15) is 76.3 Å². The van der Waals surface area contributed by atoms with Crippen LogP contribution in [-0.4, -0.2) is 28.2 Å². The van der Waals surface area contributed by atoms with Crippen molar-refractivity contribution < 1.29 is 9.59 Å². The zero-order valence-corrected chi connectivity index (χ0v) is 19.3. The third kappa shape index (κ3) is 7.11. The van der Waals surface area contributed by atoms with Gasteiger partial charge in [-0.05, 0) is 49.7 Å². The van der Waals surface area contributed by atoms with E-state index in [1.54, 1.807) is 6.92 Å². The summed E-state index contributed by atoms with van der Waals surface area (Å²) in [6.45, 7) is 3.93. The Morgan fingerprint density at radius 3 is 2.53 bits per heavy atom. The Kier molecular flexibility index (Phi) is 9.14. The van der Waals surface area contributed by atoms with Crippen LogP contribution in [0.25, 0.3) is 17.0 Å². The highest BCUT2D eigenvalue weighted by Gasteiger charge is 2.16. The number of hydrogen-bond donors (Lipinski definition) is 1. The van der Waals surface area contributed by atoms with E-state index >= 15 is 0 Å². The predicted molar refractivity (Wildman–Crippen MR) is 129 cm³/mol. The van der Waals surface area contributed by atoms with E-state index in [9.17, 15) is 9.59 Å². The van der Waals surface area contributed by atoms with Crippen molar-refractivity contribution in [2.75, 3.05) is 0 Å². The van der Waals surface area contributed by atoms with Gasteiger partial charge < -0.3 is 10.1 Å². The van der Waals surface area contributed by atoms with E-state index in [1.807, 2.05) is 36.7 Å². The van der Waals surface area contributed by atoms with Gasteiger partial charge in [0.15, 0.2) is 5.82 Å². The second-order valence-electron chi connectivity index (χ2n) is 8.85. The molecule has 1 N–H and O–H groups in total. The lowest BCUT2D eigenvalue weighted by Crippen LogP contribution is -2.33. The van der Waals surface area contributed by atoms with Crippen LogP contribution in [0.5, 0.6) is 0 Å². The summed E-state index contributed by atoms with van der Waals surface area (Å²) >= 11 is 0. The lowest BCUT2D eigenvalue weighted by Gasteiger charge is -2.21. The van der Waals surface area contributed by atoms with Gasteiger partial charge in [0, 0.05) is 29.9 Å². The van der Waals surface area contributed by atoms with Crippen molar-refractivity contribution in [3.8, 4) is 11.4 Å². The minimum atomic E-state index is -0.443. The number of hydrogen-bond acceptors (Lipinski definition) is 4. The van der Waals surface area contributed by atoms with E-state index < -0.39 is 6.04 Å². The van der Waals surface area contributed by atoms with E-state index in [2.05, 4.69) is 28.3 Å². The van der Waals surface area contributed by atoms with Crippen LogP contribution < -0.4 is 5.32 Å². The standard InChI is InChI=1S/C27H35N3O2/c1-3-4-5-6-21-7-12-23(13-8-21)25-17-28-27(29-18-25)24-14-9-22(10-15-24)11-16-26(32)30-20(2)19-31/h9-10,12,14-15,17-21H,3-8,11,13,16H2,1-2H3,(H,30,32). The number of carbonyl (C=O) groups excluding carboxylic acids is 2. The Morgan fingerprint density at radius 2 is 1.91 bits per heavy atom. The number of carbonyl (C=O) groups is 2. The van der Waals surface area contributed by atoms with Gasteiger partial charge >= 0.3 is 0 Å². The monoisotopic (exact) mass is 433 g/mol. The quantitative estimate of drug-likeness (QED) is 0.373. The summed E-state index contributed by atoms with van der Waals surface area (Å²) in [7, 11) is 0. The number of unbranched alkanes of at least 4 members (excludes halogenated alkanes) is 2. The third-order valence-corrected chi connectivity index (χ3v) is 6.20. The fourth-order valence-corrected chi connectivity index (χ4v) is 4.18. The van der Waals surface area contributed by atoms with Gasteiger partial charge in [-0.15, -0.1) is 0 Å². The number of rotatable bonds is 11. The van der Waals surface area contributed by atoms with Crippen LogP contribution in [0.3, 0.4) is 0 Å². The molecule has 1 aromatic heterocycles. The Bertz CT molecular complexity index is 904. The third-order valence-electron chi connectivity index (χ3n) is 6.20. The number of benzene rings is 1. The SMILES string of the molecule is CCCCCC1CC=C(c2cnc(-c3ccc(CCC(=O)NC(C)C=O)cc3)nc2)CC1. The van der Waals surface area contributed by atoms with E-state index in [0.29, 0.717) is 18.7 Å². The highest BCUT2D eigenvalue weighted by atomic mass is 16.2. The van der Waals surface area contributed by atoms with Gasteiger partial charge in [-0.25, -0.2) is 9.97 Å². The summed E-state index contributed by atoms with van der Waals surface area (Å²) in [6.07, 6.45) is 16.9. The number of aromatic nitrogens is 2. The van der Waals surface area contributed by atoms with Gasteiger partial charge in [0.05, 0.1) is 6.04 Å². The molecule has 0 saturated heterocycles. The van der Waals surface area contributed by atoms with Crippen molar-refractivity contribution in [1.82, 2.24) is 15.3 Å². The molecule has 2 unspecified atom stereocenters. The first-order valence-corrected chi connectivity index (χ1v) is 11.9. The highest BCUT2D eigenvalue weighted by molar-refractivity contribution is 5.79. The maximum atomic E-state index is 11.8. The average Bonchev–Trinajstić information content (AvgIpc) is 2.84. The fourth-order valence-electron chi connectivity index (χ4n) is 4.18. The molecule has 1 heterocycles. The highest BCUT2D eigenvalue weighted by Crippen LogP contribution is 2.32. The van der Waals surface area contributed by atoms with Crippen LogP contribution in [0.4, 0.5) is 0 Å². The number of amides is 1. The molecule has 2 atom stereocenters. The lowest BCUT2D eigenvalue weighted by atomic mass is 9.84. The molecule has 0 saturated carbocycles. The summed E-state index contributed by atoms with van der Waals surface area (Å²) in [4.78, 5) is 31.6. The molecule has 0 bridgehead atoms. The second-order valence-corrected chi connectivity index (χ2v) is 8.85. The minimum absolute atomic E-state index is 0.114. The van der Waals surface area contributed by atoms with Crippen molar-refractivity contribution in [2.45, 2.75) is 77.7 Å². The van der Waals surface area contributed by atoms with E-state index in [4.69, 9.17) is 0 Å². The van der Waals surface area contributed by atoms with E-state index in [0.717, 1.165) is 35.3 Å². The van der Waals surface area contributed by atoms with Gasteiger partial charge in [0.2, 0.25) is 5.91 Å². The van der Waals surface area contributed by atoms with Crippen molar-refractivity contribution in [1.29, 1.82) is 0 Å². The van der Waals surface area contributed by atoms with Gasteiger partial charge in [0.1, 0.15) is 6.29 Å². The van der Waals surface area contributed by atoms with Crippen LogP contribution >= 0.6 is 0 Å². The molecule has 32 heavy (non-hydrogen) atoms. The van der Waals surface area contributed by atoms with E-state index in [-0.39, 0.29) is 5.91 Å². The smallest absolute Gasteiger partial charge is 0.220 e. The molecule has 170 valence electrons. The molecule has 2 aromatic rings. The van der Waals surface area contributed by atoms with Crippen LogP contribution in [0, 0.1) is 5.92 Å². The molecule has 1 aliphatic carbocycles. The molecule has 1 amide bonds. The summed E-state index contributed by atoms with van der Waals surface area (Å²) in [5.74, 6) is 1.44. The first-order valence-electron chi connectivity index (χ1n) is 11.9. The maximum absolute atomic E-state index is 11.8. The Labute approximate surface area is 191 Å². The van der Waals surface area contributed by atoms with Crippen LogP contribution in [0.2, 0.25) is 0 Å². The number of nitrogens with one attached hydrogen (secondary N) is 1. The fraction of sp³-hybridized carbons (Fsp3) is 0.481. The van der Waals surface area contributed by atoms with Gasteiger partial charge in [-0.1, -0.05) is 62.9 Å². The van der Waals surface area contributed by atoms with Crippen molar-refractivity contribution in [3.63, 3.8) is 0 Å². The average molecular weight is 434 g/mol. The zero-order chi connectivity index (χ0) is 22.8.